The first-order valence-corrected chi connectivity index (χ1v) is 2.64. The summed E-state index contributed by atoms with van der Waals surface area (Å²) in [6.07, 6.45) is 4.29. The molecule has 1 aromatic heterocycles. The topological polar surface area (TPSA) is 39.2 Å². The van der Waals surface area contributed by atoms with E-state index >= 15 is 0 Å². The molecule has 1 aromatic rings. The highest BCUT2D eigenvalue weighted by Gasteiger charge is 1.88. The van der Waals surface area contributed by atoms with Crippen LogP contribution in [0.3, 0.4) is 0 Å². The monoisotopic (exact) mass is 111 g/mol. The molecule has 0 spiro atoms. The minimum Gasteiger partial charge on any atom is -0.472 e. The van der Waals surface area contributed by atoms with Crippen LogP contribution < -0.4 is 5.73 Å². The Balaban J connectivity index is 2.50. The van der Waals surface area contributed by atoms with E-state index in [-0.39, 0.29) is 0 Å². The van der Waals surface area contributed by atoms with Gasteiger partial charge in [0.2, 0.25) is 0 Å². The van der Waals surface area contributed by atoms with Crippen LogP contribution >= 0.6 is 0 Å². The zero-order valence-electron chi connectivity index (χ0n) is 4.63. The van der Waals surface area contributed by atoms with Gasteiger partial charge in [-0.1, -0.05) is 0 Å². The van der Waals surface area contributed by atoms with Crippen LogP contribution in [-0.2, 0) is 6.42 Å². The van der Waals surface area contributed by atoms with E-state index in [0.29, 0.717) is 6.54 Å². The first-order valence-electron chi connectivity index (χ1n) is 2.64. The quantitative estimate of drug-likeness (QED) is 0.612. The van der Waals surface area contributed by atoms with Crippen molar-refractivity contribution in [3.63, 3.8) is 0 Å². The molecule has 0 fully saturated rings. The van der Waals surface area contributed by atoms with E-state index in [4.69, 9.17) is 10.2 Å². The molecule has 0 aliphatic carbocycles. The second-order valence-electron chi connectivity index (χ2n) is 1.67. The molecule has 0 unspecified atom stereocenters. The second-order valence-corrected chi connectivity index (χ2v) is 1.67. The maximum atomic E-state index is 5.28. The highest BCUT2D eigenvalue weighted by molar-refractivity contribution is 5.05. The minimum absolute atomic E-state index is 0.694. The van der Waals surface area contributed by atoms with Gasteiger partial charge in [0.05, 0.1) is 12.5 Å². The first kappa shape index (κ1) is 5.38. The van der Waals surface area contributed by atoms with E-state index in [9.17, 15) is 0 Å². The molecule has 0 radical (unpaired) electrons. The first-order chi connectivity index (χ1) is 3.93. The molecule has 2 N–H and O–H groups in total. The largest absolute Gasteiger partial charge is 0.472 e. The fourth-order valence-electron chi connectivity index (χ4n) is 0.602. The molecule has 1 rings (SSSR count). The average molecular weight is 111 g/mol. The van der Waals surface area contributed by atoms with Gasteiger partial charge < -0.3 is 10.2 Å². The molecular weight excluding hydrogens is 102 g/mol. The number of hydrogen-bond donors (Lipinski definition) is 1. The van der Waals surface area contributed by atoms with Crippen LogP contribution in [0.4, 0.5) is 0 Å². The molecule has 44 valence electrons. The van der Waals surface area contributed by atoms with Crippen molar-refractivity contribution in [3.05, 3.63) is 24.2 Å². The maximum Gasteiger partial charge on any atom is 0.0934 e. The lowest BCUT2D eigenvalue weighted by Crippen LogP contribution is -2.01. The SMILES string of the molecule is NCCc1ccoc1. The summed E-state index contributed by atoms with van der Waals surface area (Å²) in [6.45, 7) is 0.694. The smallest absolute Gasteiger partial charge is 0.0934 e. The van der Waals surface area contributed by atoms with Crippen LogP contribution in [0, 0.1) is 0 Å². The van der Waals surface area contributed by atoms with Crippen LogP contribution in [-0.4, -0.2) is 6.54 Å². The Labute approximate surface area is 48.3 Å². The van der Waals surface area contributed by atoms with Gasteiger partial charge >= 0.3 is 0 Å². The van der Waals surface area contributed by atoms with Gasteiger partial charge in [-0.15, -0.1) is 0 Å². The van der Waals surface area contributed by atoms with Crippen molar-refractivity contribution in [2.75, 3.05) is 6.54 Å². The molecule has 0 aromatic carbocycles. The summed E-state index contributed by atoms with van der Waals surface area (Å²) in [4.78, 5) is 0. The van der Waals surface area contributed by atoms with Crippen molar-refractivity contribution < 1.29 is 4.42 Å². The number of hydrogen-bond acceptors (Lipinski definition) is 2. The van der Waals surface area contributed by atoms with Crippen molar-refractivity contribution in [1.29, 1.82) is 0 Å². The van der Waals surface area contributed by atoms with E-state index in [2.05, 4.69) is 0 Å². The zero-order chi connectivity index (χ0) is 5.82. The average Bonchev–Trinajstić information content (AvgIpc) is 2.19. The molecule has 0 bridgehead atoms. The third kappa shape index (κ3) is 1.10. The fraction of sp³-hybridized carbons (Fsp3) is 0.333. The Hall–Kier alpha value is -0.760. The lowest BCUT2D eigenvalue weighted by Gasteiger charge is -1.85. The summed E-state index contributed by atoms with van der Waals surface area (Å²) in [5.41, 5.74) is 6.45. The summed E-state index contributed by atoms with van der Waals surface area (Å²) in [5.74, 6) is 0. The Bertz CT molecular complexity index is 134. The summed E-state index contributed by atoms with van der Waals surface area (Å²) in [7, 11) is 0. The van der Waals surface area contributed by atoms with Gasteiger partial charge in [-0.25, -0.2) is 0 Å². The standard InChI is InChI=1S/C6H9NO/c7-3-1-6-2-4-8-5-6/h2,4-5H,1,3,7H2. The predicted octanol–water partition coefficient (Wildman–Crippen LogP) is 0.781. The summed E-state index contributed by atoms with van der Waals surface area (Å²) < 4.78 is 4.81. The van der Waals surface area contributed by atoms with Crippen LogP contribution in [0.15, 0.2) is 23.0 Å². The van der Waals surface area contributed by atoms with Gasteiger partial charge in [-0.2, -0.15) is 0 Å². The Morgan fingerprint density at radius 1 is 1.62 bits per heavy atom. The molecule has 1 heterocycles. The molecule has 8 heavy (non-hydrogen) atoms. The van der Waals surface area contributed by atoms with E-state index in [1.54, 1.807) is 12.5 Å². The number of rotatable bonds is 2. The van der Waals surface area contributed by atoms with Gasteiger partial charge in [-0.3, -0.25) is 0 Å². The van der Waals surface area contributed by atoms with E-state index < -0.39 is 0 Å². The Kier molecular flexibility index (Phi) is 1.70. The molecule has 2 heteroatoms. The molecule has 0 atom stereocenters. The van der Waals surface area contributed by atoms with Crippen molar-refractivity contribution >= 4 is 0 Å². The highest BCUT2D eigenvalue weighted by Crippen LogP contribution is 1.98. The summed E-state index contributed by atoms with van der Waals surface area (Å²) >= 11 is 0. The summed E-state index contributed by atoms with van der Waals surface area (Å²) in [5, 5.41) is 0. The second kappa shape index (κ2) is 2.52. The van der Waals surface area contributed by atoms with Crippen LogP contribution in [0.25, 0.3) is 0 Å². The van der Waals surface area contributed by atoms with Crippen molar-refractivity contribution in [3.8, 4) is 0 Å². The number of furan rings is 1. The van der Waals surface area contributed by atoms with E-state index in [1.807, 2.05) is 6.07 Å². The minimum atomic E-state index is 0.694. The third-order valence-electron chi connectivity index (χ3n) is 1.01. The number of nitrogens with two attached hydrogens (primary N) is 1. The fourth-order valence-corrected chi connectivity index (χ4v) is 0.602. The van der Waals surface area contributed by atoms with Gasteiger partial charge in [0, 0.05) is 0 Å². The predicted molar refractivity (Wildman–Crippen MR) is 31.5 cm³/mol. The molecule has 0 aliphatic rings. The maximum absolute atomic E-state index is 5.28. The van der Waals surface area contributed by atoms with Crippen LogP contribution in [0.5, 0.6) is 0 Å². The molecule has 0 aliphatic heterocycles. The Morgan fingerprint density at radius 2 is 2.50 bits per heavy atom. The van der Waals surface area contributed by atoms with Crippen LogP contribution in [0.2, 0.25) is 0 Å². The van der Waals surface area contributed by atoms with E-state index in [0.717, 1.165) is 6.42 Å². The van der Waals surface area contributed by atoms with Crippen molar-refractivity contribution in [2.45, 2.75) is 6.42 Å². The van der Waals surface area contributed by atoms with Gasteiger partial charge in [0.1, 0.15) is 0 Å². The van der Waals surface area contributed by atoms with Crippen LogP contribution in [0.1, 0.15) is 5.56 Å². The third-order valence-corrected chi connectivity index (χ3v) is 1.01. The summed E-state index contributed by atoms with van der Waals surface area (Å²) in [6, 6.07) is 1.92. The van der Waals surface area contributed by atoms with Gasteiger partial charge in [0.15, 0.2) is 0 Å². The lowest BCUT2D eigenvalue weighted by atomic mass is 10.2. The molecule has 0 saturated carbocycles. The Morgan fingerprint density at radius 3 is 3.00 bits per heavy atom. The lowest BCUT2D eigenvalue weighted by molar-refractivity contribution is 0.564. The zero-order valence-corrected chi connectivity index (χ0v) is 4.63. The molecule has 0 amide bonds. The molecule has 0 saturated heterocycles. The van der Waals surface area contributed by atoms with Crippen molar-refractivity contribution in [2.24, 2.45) is 5.73 Å². The highest BCUT2D eigenvalue weighted by atomic mass is 16.3. The normalized spacial score (nSPS) is 9.62. The molecule has 2 nitrogen and oxygen atoms in total. The van der Waals surface area contributed by atoms with E-state index in [1.165, 1.54) is 5.56 Å². The van der Waals surface area contributed by atoms with Gasteiger partial charge in [0.25, 0.3) is 0 Å². The van der Waals surface area contributed by atoms with Gasteiger partial charge in [-0.05, 0) is 24.6 Å². The molecular formula is C6H9NO. The van der Waals surface area contributed by atoms with Crippen molar-refractivity contribution in [1.82, 2.24) is 0 Å².